The quantitative estimate of drug-likeness (QED) is 0.337. The summed E-state index contributed by atoms with van der Waals surface area (Å²) in [6.45, 7) is 3.21. The molecule has 3 rings (SSSR count). The number of methoxy groups -OCH3 is 1. The van der Waals surface area contributed by atoms with Crippen LogP contribution in [0.4, 0.5) is 5.69 Å². The van der Waals surface area contributed by atoms with Crippen LogP contribution in [-0.2, 0) is 9.53 Å². The topological polar surface area (TPSA) is 118 Å². The molecule has 0 atom stereocenters. The van der Waals surface area contributed by atoms with Crippen LogP contribution in [0.5, 0.6) is 5.75 Å². The number of rotatable bonds is 5. The number of benzene rings is 1. The molecule has 2 aromatic heterocycles. The first kappa shape index (κ1) is 18.8. The molecule has 0 saturated carbocycles. The van der Waals surface area contributed by atoms with Gasteiger partial charge in [-0.1, -0.05) is 5.16 Å². The third kappa shape index (κ3) is 3.47. The van der Waals surface area contributed by atoms with Crippen LogP contribution in [-0.4, -0.2) is 34.7 Å². The van der Waals surface area contributed by atoms with Crippen molar-refractivity contribution < 1.29 is 23.7 Å². The molecule has 0 aliphatic heterocycles. The zero-order valence-corrected chi connectivity index (χ0v) is 16.2. The molecule has 9 nitrogen and oxygen atoms in total. The Hall–Kier alpha value is -3.01. The zero-order valence-electron chi connectivity index (χ0n) is 14.6. The van der Waals surface area contributed by atoms with Crippen LogP contribution in [0.15, 0.2) is 27.3 Å². The van der Waals surface area contributed by atoms with Crippen molar-refractivity contribution in [3.8, 4) is 16.9 Å². The summed E-state index contributed by atoms with van der Waals surface area (Å²) in [6, 6.07) is 3.30. The van der Waals surface area contributed by atoms with Gasteiger partial charge >= 0.3 is 11.7 Å². The van der Waals surface area contributed by atoms with Crippen LogP contribution in [0.3, 0.4) is 0 Å². The molecule has 0 N–H and O–H groups in total. The van der Waals surface area contributed by atoms with Crippen molar-refractivity contribution >= 4 is 38.5 Å². The molecule has 0 saturated heterocycles. The molecule has 140 valence electrons. The van der Waals surface area contributed by atoms with Crippen molar-refractivity contribution in [3.63, 3.8) is 0 Å². The minimum Gasteiger partial charge on any atom is -0.481 e. The van der Waals surface area contributed by atoms with Crippen LogP contribution in [0.1, 0.15) is 11.5 Å². The van der Waals surface area contributed by atoms with Crippen LogP contribution in [0, 0.1) is 24.0 Å². The molecular weight excluding hydrogens is 422 g/mol. The summed E-state index contributed by atoms with van der Waals surface area (Å²) in [6.07, 6.45) is 1.18. The summed E-state index contributed by atoms with van der Waals surface area (Å²) >= 11 is 3.25. The second kappa shape index (κ2) is 7.31. The Labute approximate surface area is 161 Å². The predicted molar refractivity (Wildman–Crippen MR) is 98.6 cm³/mol. The number of aromatic nitrogens is 2. The number of nitrogens with zero attached hydrogens (tertiary/aromatic N) is 3. The van der Waals surface area contributed by atoms with Gasteiger partial charge in [0.25, 0.3) is 0 Å². The van der Waals surface area contributed by atoms with E-state index in [9.17, 15) is 14.9 Å². The van der Waals surface area contributed by atoms with Gasteiger partial charge in [0, 0.05) is 10.9 Å². The van der Waals surface area contributed by atoms with Gasteiger partial charge in [0.05, 0.1) is 28.8 Å². The Morgan fingerprint density at radius 2 is 2.11 bits per heavy atom. The highest BCUT2D eigenvalue weighted by molar-refractivity contribution is 9.10. The maximum atomic E-state index is 11.5. The summed E-state index contributed by atoms with van der Waals surface area (Å²) in [5, 5.41) is 15.6. The van der Waals surface area contributed by atoms with E-state index in [1.54, 1.807) is 26.0 Å². The monoisotopic (exact) mass is 435 g/mol. The van der Waals surface area contributed by atoms with E-state index in [0.29, 0.717) is 39.2 Å². The number of hydrogen-bond acceptors (Lipinski definition) is 8. The van der Waals surface area contributed by atoms with Crippen LogP contribution in [0.25, 0.3) is 22.0 Å². The second-order valence-corrected chi connectivity index (χ2v) is 6.44. The van der Waals surface area contributed by atoms with Gasteiger partial charge < -0.3 is 14.0 Å². The standard InChI is InChI=1S/C17H14BrN3O6/c1-8-16(9(2)27-20-8)11-4-12-10(5-14(11)26-7-15(22)25-3)17(18)13(6-19-12)21(23)24/h4-6H,7H2,1-3H3. The number of nitro groups is 1. The van der Waals surface area contributed by atoms with Crippen LogP contribution >= 0.6 is 15.9 Å². The smallest absolute Gasteiger partial charge is 0.343 e. The molecule has 2 heterocycles. The Morgan fingerprint density at radius 3 is 2.70 bits per heavy atom. The largest absolute Gasteiger partial charge is 0.481 e. The van der Waals surface area contributed by atoms with E-state index in [1.807, 2.05) is 0 Å². The Morgan fingerprint density at radius 1 is 1.37 bits per heavy atom. The first-order valence-electron chi connectivity index (χ1n) is 7.73. The van der Waals surface area contributed by atoms with E-state index in [-0.39, 0.29) is 16.8 Å². The molecule has 0 bridgehead atoms. The zero-order chi connectivity index (χ0) is 19.7. The number of aryl methyl sites for hydroxylation is 2. The predicted octanol–water partition coefficient (Wildman–Crippen LogP) is 3.73. The second-order valence-electron chi connectivity index (χ2n) is 5.64. The number of carbonyl (C=O) groups excluding carboxylic acids is 1. The van der Waals surface area contributed by atoms with Crippen molar-refractivity contribution in [2.75, 3.05) is 13.7 Å². The minimum absolute atomic E-state index is 0.175. The molecule has 0 fully saturated rings. The van der Waals surface area contributed by atoms with E-state index in [0.717, 1.165) is 0 Å². The summed E-state index contributed by atoms with van der Waals surface area (Å²) in [4.78, 5) is 26.3. The SMILES string of the molecule is COC(=O)COc1cc2c(Br)c([N+](=O)[O-])cnc2cc1-c1c(C)noc1C. The maximum Gasteiger partial charge on any atom is 0.343 e. The molecule has 27 heavy (non-hydrogen) atoms. The molecule has 10 heteroatoms. The number of fused-ring (bicyclic) bond motifs is 1. The Bertz CT molecular complexity index is 1040. The van der Waals surface area contributed by atoms with Crippen molar-refractivity contribution in [3.05, 3.63) is 44.4 Å². The van der Waals surface area contributed by atoms with Crippen LogP contribution < -0.4 is 4.74 Å². The highest BCUT2D eigenvalue weighted by Gasteiger charge is 2.22. The molecular formula is C17H14BrN3O6. The van der Waals surface area contributed by atoms with Crippen molar-refractivity contribution in [1.82, 2.24) is 10.1 Å². The lowest BCUT2D eigenvalue weighted by Crippen LogP contribution is -2.13. The third-order valence-electron chi connectivity index (χ3n) is 3.96. The summed E-state index contributed by atoms with van der Waals surface area (Å²) in [5.41, 5.74) is 2.28. The van der Waals surface area contributed by atoms with Gasteiger partial charge in [-0.05, 0) is 41.9 Å². The first-order valence-corrected chi connectivity index (χ1v) is 8.52. The highest BCUT2D eigenvalue weighted by Crippen LogP contribution is 2.40. The van der Waals surface area contributed by atoms with Gasteiger partial charge in [0.2, 0.25) is 0 Å². The van der Waals surface area contributed by atoms with E-state index in [1.165, 1.54) is 13.3 Å². The Kier molecular flexibility index (Phi) is 5.08. The molecule has 0 amide bonds. The fourth-order valence-electron chi connectivity index (χ4n) is 2.68. The average Bonchev–Trinajstić information content (AvgIpc) is 2.97. The lowest BCUT2D eigenvalue weighted by molar-refractivity contribution is -0.385. The third-order valence-corrected chi connectivity index (χ3v) is 4.79. The molecule has 1 aromatic carbocycles. The van der Waals surface area contributed by atoms with Crippen molar-refractivity contribution in [1.29, 1.82) is 0 Å². The van der Waals surface area contributed by atoms with Gasteiger partial charge in [-0.3, -0.25) is 10.1 Å². The minimum atomic E-state index is -0.559. The fraction of sp³-hybridized carbons (Fsp3) is 0.235. The number of pyridine rings is 1. The maximum absolute atomic E-state index is 11.5. The summed E-state index contributed by atoms with van der Waals surface area (Å²) < 4.78 is 15.7. The molecule has 0 aliphatic rings. The Balaban J connectivity index is 2.24. The van der Waals surface area contributed by atoms with Gasteiger partial charge in [0.1, 0.15) is 22.2 Å². The molecule has 0 radical (unpaired) electrons. The molecule has 0 unspecified atom stereocenters. The number of hydrogen-bond donors (Lipinski definition) is 0. The van der Waals surface area contributed by atoms with Crippen LogP contribution in [0.2, 0.25) is 0 Å². The lowest BCUT2D eigenvalue weighted by atomic mass is 10.0. The fourth-order valence-corrected chi connectivity index (χ4v) is 3.25. The van der Waals surface area contributed by atoms with Gasteiger partial charge in [-0.25, -0.2) is 9.78 Å². The number of ether oxygens (including phenoxy) is 2. The molecule has 0 aliphatic carbocycles. The number of halogens is 1. The average molecular weight is 436 g/mol. The van der Waals surface area contributed by atoms with Gasteiger partial charge in [-0.15, -0.1) is 0 Å². The van der Waals surface area contributed by atoms with E-state index in [2.05, 4.69) is 30.8 Å². The summed E-state index contributed by atoms with van der Waals surface area (Å²) in [5.74, 6) is 0.331. The normalized spacial score (nSPS) is 10.8. The van der Waals surface area contributed by atoms with E-state index < -0.39 is 10.9 Å². The van der Waals surface area contributed by atoms with Crippen molar-refractivity contribution in [2.45, 2.75) is 13.8 Å². The molecule has 0 spiro atoms. The van der Waals surface area contributed by atoms with Gasteiger partial charge in [0.15, 0.2) is 6.61 Å². The van der Waals surface area contributed by atoms with E-state index in [4.69, 9.17) is 9.26 Å². The number of esters is 1. The molecule has 3 aromatic rings. The van der Waals surface area contributed by atoms with E-state index >= 15 is 0 Å². The number of carbonyl (C=O) groups is 1. The highest BCUT2D eigenvalue weighted by atomic mass is 79.9. The summed E-state index contributed by atoms with van der Waals surface area (Å²) in [7, 11) is 1.26. The first-order chi connectivity index (χ1) is 12.8. The van der Waals surface area contributed by atoms with Crippen molar-refractivity contribution in [2.24, 2.45) is 0 Å². The van der Waals surface area contributed by atoms with Gasteiger partial charge in [-0.2, -0.15) is 0 Å². The lowest BCUT2D eigenvalue weighted by Gasteiger charge is -2.13.